The van der Waals surface area contributed by atoms with Gasteiger partial charge in [-0.25, -0.2) is 0 Å². The van der Waals surface area contributed by atoms with E-state index in [0.717, 1.165) is 38.6 Å². The molecule has 2 N–H and O–H groups in total. The van der Waals surface area contributed by atoms with E-state index in [2.05, 4.69) is 0 Å². The molecule has 0 heterocycles. The Labute approximate surface area is 68.2 Å². The molecule has 0 aromatic carbocycles. The smallest absolute Gasteiger partial charge is 0.135 e. The lowest BCUT2D eigenvalue weighted by Crippen LogP contribution is -2.21. The SMILES string of the molecule is NCCCCC(=O)C1CCC1. The molecule has 1 aliphatic carbocycles. The van der Waals surface area contributed by atoms with Crippen LogP contribution in [0.3, 0.4) is 0 Å². The van der Waals surface area contributed by atoms with Crippen LogP contribution in [-0.4, -0.2) is 12.3 Å². The topological polar surface area (TPSA) is 43.1 Å². The molecular weight excluding hydrogens is 138 g/mol. The zero-order valence-electron chi connectivity index (χ0n) is 7.01. The van der Waals surface area contributed by atoms with Gasteiger partial charge in [-0.3, -0.25) is 4.79 Å². The number of hydrogen-bond donors (Lipinski definition) is 1. The lowest BCUT2D eigenvalue weighted by Gasteiger charge is -2.23. The van der Waals surface area contributed by atoms with Crippen molar-refractivity contribution >= 4 is 5.78 Å². The van der Waals surface area contributed by atoms with Crippen LogP contribution in [0.2, 0.25) is 0 Å². The number of nitrogens with two attached hydrogens (primary N) is 1. The number of ketones is 1. The summed E-state index contributed by atoms with van der Waals surface area (Å²) in [7, 11) is 0. The van der Waals surface area contributed by atoms with E-state index >= 15 is 0 Å². The van der Waals surface area contributed by atoms with Crippen molar-refractivity contribution in [1.29, 1.82) is 0 Å². The fraction of sp³-hybridized carbons (Fsp3) is 0.889. The number of rotatable bonds is 5. The normalized spacial score (nSPS) is 17.9. The second kappa shape index (κ2) is 4.50. The second-order valence-electron chi connectivity index (χ2n) is 3.34. The van der Waals surface area contributed by atoms with E-state index < -0.39 is 0 Å². The van der Waals surface area contributed by atoms with Crippen LogP contribution in [0.1, 0.15) is 38.5 Å². The average Bonchev–Trinajstić information content (AvgIpc) is 1.84. The summed E-state index contributed by atoms with van der Waals surface area (Å²) >= 11 is 0. The summed E-state index contributed by atoms with van der Waals surface area (Å²) in [6.45, 7) is 0.720. The largest absolute Gasteiger partial charge is 0.330 e. The maximum absolute atomic E-state index is 11.3. The molecule has 0 radical (unpaired) electrons. The highest BCUT2D eigenvalue weighted by atomic mass is 16.1. The molecule has 0 aliphatic heterocycles. The molecule has 64 valence electrons. The van der Waals surface area contributed by atoms with Gasteiger partial charge < -0.3 is 5.73 Å². The molecular formula is C9H17NO. The maximum Gasteiger partial charge on any atom is 0.135 e. The first-order valence-corrected chi connectivity index (χ1v) is 4.57. The molecule has 1 saturated carbocycles. The molecule has 0 saturated heterocycles. The first-order valence-electron chi connectivity index (χ1n) is 4.57. The van der Waals surface area contributed by atoms with E-state index in [1.165, 1.54) is 6.42 Å². The van der Waals surface area contributed by atoms with Crippen LogP contribution in [-0.2, 0) is 4.79 Å². The molecule has 1 fully saturated rings. The van der Waals surface area contributed by atoms with E-state index in [1.54, 1.807) is 0 Å². The fourth-order valence-electron chi connectivity index (χ4n) is 1.38. The van der Waals surface area contributed by atoms with E-state index in [4.69, 9.17) is 5.73 Å². The molecule has 0 unspecified atom stereocenters. The van der Waals surface area contributed by atoms with Gasteiger partial charge in [0.05, 0.1) is 0 Å². The maximum atomic E-state index is 11.3. The first kappa shape index (κ1) is 8.72. The van der Waals surface area contributed by atoms with E-state index in [-0.39, 0.29) is 0 Å². The number of Topliss-reactive ketones (excluding diaryl/α,β-unsaturated/α-hetero) is 1. The Morgan fingerprint density at radius 1 is 1.36 bits per heavy atom. The first-order chi connectivity index (χ1) is 5.34. The van der Waals surface area contributed by atoms with Crippen molar-refractivity contribution in [1.82, 2.24) is 0 Å². The van der Waals surface area contributed by atoms with E-state index in [0.29, 0.717) is 11.7 Å². The second-order valence-corrected chi connectivity index (χ2v) is 3.34. The fourth-order valence-corrected chi connectivity index (χ4v) is 1.38. The summed E-state index contributed by atoms with van der Waals surface area (Å²) < 4.78 is 0. The van der Waals surface area contributed by atoms with Crippen LogP contribution in [0.5, 0.6) is 0 Å². The van der Waals surface area contributed by atoms with Crippen molar-refractivity contribution in [3.63, 3.8) is 0 Å². The van der Waals surface area contributed by atoms with Crippen LogP contribution in [0.25, 0.3) is 0 Å². The summed E-state index contributed by atoms with van der Waals surface area (Å²) in [6.07, 6.45) is 6.29. The Morgan fingerprint density at radius 3 is 2.55 bits per heavy atom. The predicted molar refractivity (Wildman–Crippen MR) is 45.3 cm³/mol. The molecule has 1 rings (SSSR count). The highest BCUT2D eigenvalue weighted by Gasteiger charge is 2.23. The molecule has 0 bridgehead atoms. The average molecular weight is 155 g/mol. The Hall–Kier alpha value is -0.370. The molecule has 0 aromatic heterocycles. The standard InChI is InChI=1S/C9H17NO/c10-7-2-1-6-9(11)8-4-3-5-8/h8H,1-7,10H2. The molecule has 0 amide bonds. The minimum absolute atomic E-state index is 0.424. The summed E-state index contributed by atoms with van der Waals surface area (Å²) in [5.74, 6) is 0.900. The molecule has 0 atom stereocenters. The van der Waals surface area contributed by atoms with Crippen LogP contribution in [0, 0.1) is 5.92 Å². The van der Waals surface area contributed by atoms with Gasteiger partial charge in [-0.1, -0.05) is 6.42 Å². The summed E-state index contributed by atoms with van der Waals surface area (Å²) in [4.78, 5) is 11.3. The third-order valence-corrected chi connectivity index (χ3v) is 2.44. The highest BCUT2D eigenvalue weighted by Crippen LogP contribution is 2.28. The number of unbranched alkanes of at least 4 members (excludes halogenated alkanes) is 1. The van der Waals surface area contributed by atoms with Crippen molar-refractivity contribution in [3.8, 4) is 0 Å². The lowest BCUT2D eigenvalue weighted by molar-refractivity contribution is -0.125. The highest BCUT2D eigenvalue weighted by molar-refractivity contribution is 5.81. The molecule has 2 nitrogen and oxygen atoms in total. The molecule has 0 spiro atoms. The van der Waals surface area contributed by atoms with Crippen molar-refractivity contribution < 1.29 is 4.79 Å². The number of hydrogen-bond acceptors (Lipinski definition) is 2. The Bertz CT molecular complexity index is 130. The van der Waals surface area contributed by atoms with Crippen molar-refractivity contribution in [2.45, 2.75) is 38.5 Å². The van der Waals surface area contributed by atoms with Gasteiger partial charge in [0.1, 0.15) is 5.78 Å². The monoisotopic (exact) mass is 155 g/mol. The van der Waals surface area contributed by atoms with Crippen LogP contribution >= 0.6 is 0 Å². The van der Waals surface area contributed by atoms with Crippen molar-refractivity contribution in [2.75, 3.05) is 6.54 Å². The number of carbonyl (C=O) groups is 1. The van der Waals surface area contributed by atoms with Crippen molar-refractivity contribution in [2.24, 2.45) is 11.7 Å². The molecule has 11 heavy (non-hydrogen) atoms. The minimum atomic E-state index is 0.424. The third kappa shape index (κ3) is 2.62. The Morgan fingerprint density at radius 2 is 2.09 bits per heavy atom. The van der Waals surface area contributed by atoms with Crippen LogP contribution in [0.4, 0.5) is 0 Å². The summed E-state index contributed by atoms with van der Waals surface area (Å²) in [5, 5.41) is 0. The van der Waals surface area contributed by atoms with Crippen molar-refractivity contribution in [3.05, 3.63) is 0 Å². The minimum Gasteiger partial charge on any atom is -0.330 e. The van der Waals surface area contributed by atoms with Crippen LogP contribution in [0.15, 0.2) is 0 Å². The molecule has 2 heteroatoms. The van der Waals surface area contributed by atoms with Gasteiger partial charge in [-0.05, 0) is 32.2 Å². The molecule has 1 aliphatic rings. The van der Waals surface area contributed by atoms with Crippen LogP contribution < -0.4 is 5.73 Å². The van der Waals surface area contributed by atoms with Gasteiger partial charge in [-0.15, -0.1) is 0 Å². The van der Waals surface area contributed by atoms with Gasteiger partial charge in [0.15, 0.2) is 0 Å². The summed E-state index contributed by atoms with van der Waals surface area (Å²) in [5.41, 5.74) is 5.33. The van der Waals surface area contributed by atoms with E-state index in [9.17, 15) is 4.79 Å². The van der Waals surface area contributed by atoms with Gasteiger partial charge in [0.25, 0.3) is 0 Å². The molecule has 0 aromatic rings. The quantitative estimate of drug-likeness (QED) is 0.611. The lowest BCUT2D eigenvalue weighted by atomic mass is 9.81. The van der Waals surface area contributed by atoms with Gasteiger partial charge in [-0.2, -0.15) is 0 Å². The Balaban J connectivity index is 2.01. The van der Waals surface area contributed by atoms with E-state index in [1.807, 2.05) is 0 Å². The summed E-state index contributed by atoms with van der Waals surface area (Å²) in [6, 6.07) is 0. The number of carbonyl (C=O) groups excluding carboxylic acids is 1. The van der Waals surface area contributed by atoms with Gasteiger partial charge in [0.2, 0.25) is 0 Å². The van der Waals surface area contributed by atoms with Gasteiger partial charge >= 0.3 is 0 Å². The third-order valence-electron chi connectivity index (χ3n) is 2.44. The zero-order chi connectivity index (χ0) is 8.10. The predicted octanol–water partition coefficient (Wildman–Crippen LogP) is 1.48. The van der Waals surface area contributed by atoms with Gasteiger partial charge in [0, 0.05) is 12.3 Å². The zero-order valence-corrected chi connectivity index (χ0v) is 7.01. The Kier molecular flexibility index (Phi) is 3.57.